The number of nitrogens with zero attached hydrogens (tertiary/aromatic N) is 1. The van der Waals surface area contributed by atoms with Gasteiger partial charge in [-0.1, -0.05) is 97.9 Å². The number of benzene rings is 5. The van der Waals surface area contributed by atoms with Crippen LogP contribution in [0.4, 0.5) is 17.1 Å². The van der Waals surface area contributed by atoms with E-state index in [2.05, 4.69) is 91.5 Å². The molecular weight excluding hydrogens is 494 g/mol. The molecule has 0 saturated carbocycles. The van der Waals surface area contributed by atoms with Crippen molar-refractivity contribution in [1.29, 1.82) is 0 Å². The molecular formula is C33H24ClNOS. The summed E-state index contributed by atoms with van der Waals surface area (Å²) in [5.74, 6) is 1.68. The molecule has 0 amide bonds. The lowest BCUT2D eigenvalue weighted by Crippen LogP contribution is -2.15. The Bertz CT molecular complexity index is 1680. The van der Waals surface area contributed by atoms with Crippen LogP contribution < -0.4 is 9.64 Å². The Morgan fingerprint density at radius 2 is 1.41 bits per heavy atom. The first kappa shape index (κ1) is 22.5. The highest BCUT2D eigenvalue weighted by molar-refractivity contribution is 7.99. The molecule has 0 unspecified atom stereocenters. The molecule has 37 heavy (non-hydrogen) atoms. The van der Waals surface area contributed by atoms with E-state index in [1.807, 2.05) is 36.4 Å². The lowest BCUT2D eigenvalue weighted by Gasteiger charge is -2.31. The van der Waals surface area contributed by atoms with Crippen LogP contribution in [0.15, 0.2) is 119 Å². The lowest BCUT2D eigenvalue weighted by molar-refractivity contribution is 0.456. The van der Waals surface area contributed by atoms with Gasteiger partial charge >= 0.3 is 0 Å². The SMILES string of the molecule is CC1(C)c2ccccc2-c2cc(N(c3ccccc3)c3cc(Cl)cc4c3Oc3ccccc3S4)ccc21. The minimum atomic E-state index is -0.0410. The van der Waals surface area contributed by atoms with Crippen LogP contribution in [0.5, 0.6) is 11.5 Å². The van der Waals surface area contributed by atoms with Gasteiger partial charge in [-0.25, -0.2) is 0 Å². The number of rotatable bonds is 3. The number of ether oxygens (including phenoxy) is 1. The highest BCUT2D eigenvalue weighted by Gasteiger charge is 2.36. The third-order valence-electron chi connectivity index (χ3n) is 7.36. The maximum Gasteiger partial charge on any atom is 0.165 e. The van der Waals surface area contributed by atoms with Crippen molar-refractivity contribution in [2.24, 2.45) is 0 Å². The summed E-state index contributed by atoms with van der Waals surface area (Å²) in [7, 11) is 0. The average molecular weight is 518 g/mol. The van der Waals surface area contributed by atoms with Crippen molar-refractivity contribution in [3.05, 3.63) is 125 Å². The van der Waals surface area contributed by atoms with E-state index >= 15 is 0 Å². The minimum Gasteiger partial charge on any atom is -0.453 e. The molecule has 0 N–H and O–H groups in total. The zero-order valence-corrected chi connectivity index (χ0v) is 22.1. The Balaban J connectivity index is 1.45. The van der Waals surface area contributed by atoms with Crippen LogP contribution in [-0.2, 0) is 5.41 Å². The fourth-order valence-electron chi connectivity index (χ4n) is 5.60. The molecule has 1 heterocycles. The summed E-state index contributed by atoms with van der Waals surface area (Å²) < 4.78 is 6.55. The van der Waals surface area contributed by atoms with Crippen LogP contribution in [0.25, 0.3) is 11.1 Å². The molecule has 2 aliphatic rings. The largest absolute Gasteiger partial charge is 0.453 e. The van der Waals surface area contributed by atoms with E-state index in [1.54, 1.807) is 11.8 Å². The Labute approximate surface area is 226 Å². The molecule has 0 atom stereocenters. The smallest absolute Gasteiger partial charge is 0.165 e. The minimum absolute atomic E-state index is 0.0410. The van der Waals surface area contributed by atoms with Crippen molar-refractivity contribution >= 4 is 40.4 Å². The number of fused-ring (bicyclic) bond motifs is 5. The number of hydrogen-bond donors (Lipinski definition) is 0. The molecule has 4 heteroatoms. The summed E-state index contributed by atoms with van der Waals surface area (Å²) in [6.07, 6.45) is 0. The molecule has 2 nitrogen and oxygen atoms in total. The van der Waals surface area contributed by atoms with Crippen LogP contribution in [0.2, 0.25) is 5.02 Å². The number of hydrogen-bond acceptors (Lipinski definition) is 3. The van der Waals surface area contributed by atoms with Crippen molar-refractivity contribution in [2.75, 3.05) is 4.90 Å². The van der Waals surface area contributed by atoms with Crippen LogP contribution in [0, 0.1) is 0 Å². The van der Waals surface area contributed by atoms with Gasteiger partial charge < -0.3 is 9.64 Å². The molecule has 0 fully saturated rings. The average Bonchev–Trinajstić information content (AvgIpc) is 3.15. The maximum absolute atomic E-state index is 6.73. The lowest BCUT2D eigenvalue weighted by atomic mass is 9.82. The van der Waals surface area contributed by atoms with Gasteiger partial charge in [-0.15, -0.1) is 0 Å². The zero-order valence-electron chi connectivity index (χ0n) is 20.5. The van der Waals surface area contributed by atoms with Gasteiger partial charge in [0.2, 0.25) is 0 Å². The van der Waals surface area contributed by atoms with Gasteiger partial charge in [-0.2, -0.15) is 0 Å². The first-order chi connectivity index (χ1) is 18.0. The van der Waals surface area contributed by atoms with Gasteiger partial charge in [-0.05, 0) is 70.8 Å². The van der Waals surface area contributed by atoms with Gasteiger partial charge in [0.15, 0.2) is 5.75 Å². The van der Waals surface area contributed by atoms with Crippen LogP contribution in [0.1, 0.15) is 25.0 Å². The molecule has 1 aliphatic carbocycles. The summed E-state index contributed by atoms with van der Waals surface area (Å²) in [4.78, 5) is 4.36. The summed E-state index contributed by atoms with van der Waals surface area (Å²) in [6.45, 7) is 4.62. The molecule has 1 aliphatic heterocycles. The molecule has 0 bridgehead atoms. The normalized spacial score (nSPS) is 14.1. The molecule has 5 aromatic carbocycles. The molecule has 7 rings (SSSR count). The predicted octanol–water partition coefficient (Wildman–Crippen LogP) is 10.4. The van der Waals surface area contributed by atoms with Crippen molar-refractivity contribution in [3.8, 4) is 22.6 Å². The second-order valence-corrected chi connectivity index (χ2v) is 11.5. The molecule has 0 radical (unpaired) electrons. The second kappa shape index (κ2) is 8.44. The van der Waals surface area contributed by atoms with E-state index < -0.39 is 0 Å². The topological polar surface area (TPSA) is 12.5 Å². The molecule has 180 valence electrons. The third-order valence-corrected chi connectivity index (χ3v) is 8.66. The van der Waals surface area contributed by atoms with Gasteiger partial charge in [0.1, 0.15) is 5.75 Å². The van der Waals surface area contributed by atoms with Crippen molar-refractivity contribution < 1.29 is 4.74 Å². The Kier molecular flexibility index (Phi) is 5.14. The van der Waals surface area contributed by atoms with E-state index in [0.29, 0.717) is 5.02 Å². The van der Waals surface area contributed by atoms with Crippen LogP contribution in [-0.4, -0.2) is 0 Å². The van der Waals surface area contributed by atoms with Crippen molar-refractivity contribution in [3.63, 3.8) is 0 Å². The fourth-order valence-corrected chi connectivity index (χ4v) is 6.89. The summed E-state index contributed by atoms with van der Waals surface area (Å²) in [5.41, 5.74) is 8.27. The highest BCUT2D eigenvalue weighted by Crippen LogP contribution is 2.55. The Morgan fingerprint density at radius 1 is 0.676 bits per heavy atom. The summed E-state index contributed by atoms with van der Waals surface area (Å²) >= 11 is 8.42. The van der Waals surface area contributed by atoms with Gasteiger partial charge in [0.25, 0.3) is 0 Å². The highest BCUT2D eigenvalue weighted by atomic mass is 35.5. The summed E-state index contributed by atoms with van der Waals surface area (Å²) in [5, 5.41) is 0.679. The zero-order chi connectivity index (χ0) is 25.1. The van der Waals surface area contributed by atoms with Gasteiger partial charge in [0.05, 0.1) is 15.5 Å². The van der Waals surface area contributed by atoms with E-state index in [-0.39, 0.29) is 5.41 Å². The second-order valence-electron chi connectivity index (χ2n) is 9.97. The Morgan fingerprint density at radius 3 is 2.27 bits per heavy atom. The Hall–Kier alpha value is -3.66. The van der Waals surface area contributed by atoms with Gasteiger partial charge in [-0.3, -0.25) is 0 Å². The van der Waals surface area contributed by atoms with Gasteiger partial charge in [0, 0.05) is 21.8 Å². The molecule has 0 spiro atoms. The standard InChI is InChI=1S/C33H24ClNOS/c1-33(2)26-13-7-6-12-24(26)25-20-23(16-17-27(25)33)35(22-10-4-3-5-11-22)28-18-21(34)19-31-32(28)36-29-14-8-9-15-30(29)37-31/h3-20H,1-2H3. The molecule has 0 saturated heterocycles. The van der Waals surface area contributed by atoms with E-state index in [0.717, 1.165) is 38.4 Å². The monoisotopic (exact) mass is 517 g/mol. The number of para-hydroxylation sites is 2. The van der Waals surface area contributed by atoms with E-state index in [9.17, 15) is 0 Å². The first-order valence-electron chi connectivity index (χ1n) is 12.4. The van der Waals surface area contributed by atoms with E-state index in [1.165, 1.54) is 22.3 Å². The third kappa shape index (κ3) is 3.57. The van der Waals surface area contributed by atoms with Crippen molar-refractivity contribution in [2.45, 2.75) is 29.1 Å². The summed E-state index contributed by atoms with van der Waals surface area (Å²) in [6, 6.07) is 38.1. The first-order valence-corrected chi connectivity index (χ1v) is 13.6. The van der Waals surface area contributed by atoms with E-state index in [4.69, 9.17) is 16.3 Å². The fraction of sp³-hybridized carbons (Fsp3) is 0.0909. The molecule has 0 aromatic heterocycles. The van der Waals surface area contributed by atoms with Crippen LogP contribution >= 0.6 is 23.4 Å². The molecule has 5 aromatic rings. The quantitative estimate of drug-likeness (QED) is 0.231. The van der Waals surface area contributed by atoms with Crippen LogP contribution in [0.3, 0.4) is 0 Å². The number of halogens is 1. The predicted molar refractivity (Wildman–Crippen MR) is 154 cm³/mol. The van der Waals surface area contributed by atoms with Crippen molar-refractivity contribution in [1.82, 2.24) is 0 Å². The maximum atomic E-state index is 6.73. The number of anilines is 3.